The number of fused-ring (bicyclic) bond motifs is 1. The molecule has 122 valence electrons. The minimum atomic E-state index is -4.01. The van der Waals surface area contributed by atoms with Gasteiger partial charge in [-0.3, -0.25) is 4.31 Å². The molecular formula is C17H14N2O4S. The van der Waals surface area contributed by atoms with Crippen LogP contribution < -0.4 is 4.31 Å². The minimum Gasteiger partial charge on any atom is -0.467 e. The van der Waals surface area contributed by atoms with E-state index >= 15 is 0 Å². The lowest BCUT2D eigenvalue weighted by Gasteiger charge is -2.25. The van der Waals surface area contributed by atoms with Crippen LogP contribution in [0.3, 0.4) is 0 Å². The number of para-hydroxylation sites is 1. The molecular weight excluding hydrogens is 328 g/mol. The Morgan fingerprint density at radius 1 is 1.25 bits per heavy atom. The maximum Gasteiger partial charge on any atom is 0.330 e. The summed E-state index contributed by atoms with van der Waals surface area (Å²) in [6, 6.07) is 13.6. The van der Waals surface area contributed by atoms with Crippen LogP contribution in [0.2, 0.25) is 0 Å². The standard InChI is InChI=1S/C17H14N2O4S/c1-23-17(20)16-10-13-6-2-3-8-15(13)19(16)24(21,22)14-7-4-5-12(9-14)11-18/h2-9,16H,10H2,1H3/t16-/m1/s1. The number of sulfonamides is 1. The van der Waals surface area contributed by atoms with Crippen LogP contribution in [0.4, 0.5) is 5.69 Å². The Labute approximate surface area is 139 Å². The summed E-state index contributed by atoms with van der Waals surface area (Å²) in [6.45, 7) is 0. The second-order valence-electron chi connectivity index (χ2n) is 5.31. The molecule has 1 atom stereocenters. The molecule has 0 radical (unpaired) electrons. The van der Waals surface area contributed by atoms with Crippen molar-refractivity contribution in [3.05, 3.63) is 59.7 Å². The summed E-state index contributed by atoms with van der Waals surface area (Å²) in [6.07, 6.45) is 0.250. The van der Waals surface area contributed by atoms with E-state index in [0.29, 0.717) is 5.69 Å². The van der Waals surface area contributed by atoms with Gasteiger partial charge in [-0.1, -0.05) is 24.3 Å². The zero-order valence-electron chi connectivity index (χ0n) is 12.8. The van der Waals surface area contributed by atoms with Gasteiger partial charge in [-0.2, -0.15) is 5.26 Å². The van der Waals surface area contributed by atoms with E-state index in [0.717, 1.165) is 9.87 Å². The van der Waals surface area contributed by atoms with E-state index in [1.165, 1.54) is 31.4 Å². The van der Waals surface area contributed by atoms with Crippen molar-refractivity contribution in [1.82, 2.24) is 0 Å². The molecule has 3 rings (SSSR count). The SMILES string of the molecule is COC(=O)[C@H]1Cc2ccccc2N1S(=O)(=O)c1cccc(C#N)c1. The van der Waals surface area contributed by atoms with Crippen molar-refractivity contribution in [2.75, 3.05) is 11.4 Å². The highest BCUT2D eigenvalue weighted by molar-refractivity contribution is 7.93. The van der Waals surface area contributed by atoms with E-state index in [9.17, 15) is 13.2 Å². The van der Waals surface area contributed by atoms with Gasteiger partial charge in [0.1, 0.15) is 6.04 Å². The number of nitriles is 1. The second-order valence-corrected chi connectivity index (χ2v) is 7.13. The number of rotatable bonds is 3. The van der Waals surface area contributed by atoms with Gasteiger partial charge in [-0.15, -0.1) is 0 Å². The fraction of sp³-hybridized carbons (Fsp3) is 0.176. The summed E-state index contributed by atoms with van der Waals surface area (Å²) in [7, 11) is -2.78. The van der Waals surface area contributed by atoms with Gasteiger partial charge in [0.2, 0.25) is 0 Å². The topological polar surface area (TPSA) is 87.5 Å². The molecule has 0 amide bonds. The monoisotopic (exact) mass is 342 g/mol. The fourth-order valence-electron chi connectivity index (χ4n) is 2.81. The van der Waals surface area contributed by atoms with Crippen LogP contribution in [-0.4, -0.2) is 27.5 Å². The van der Waals surface area contributed by atoms with Crippen LogP contribution >= 0.6 is 0 Å². The van der Waals surface area contributed by atoms with Crippen LogP contribution in [-0.2, 0) is 26.0 Å². The lowest BCUT2D eigenvalue weighted by molar-refractivity contribution is -0.141. The van der Waals surface area contributed by atoms with Gasteiger partial charge in [0.25, 0.3) is 10.0 Å². The van der Waals surface area contributed by atoms with Gasteiger partial charge in [0.05, 0.1) is 29.3 Å². The molecule has 0 spiro atoms. The first kappa shape index (κ1) is 16.0. The highest BCUT2D eigenvalue weighted by atomic mass is 32.2. The van der Waals surface area contributed by atoms with E-state index in [1.807, 2.05) is 6.07 Å². The molecule has 1 aliphatic heterocycles. The molecule has 1 heterocycles. The van der Waals surface area contributed by atoms with Crippen molar-refractivity contribution in [2.24, 2.45) is 0 Å². The van der Waals surface area contributed by atoms with Gasteiger partial charge < -0.3 is 4.74 Å². The van der Waals surface area contributed by atoms with Crippen molar-refractivity contribution in [3.63, 3.8) is 0 Å². The van der Waals surface area contributed by atoms with Crippen LogP contribution in [0.15, 0.2) is 53.4 Å². The lowest BCUT2D eigenvalue weighted by Crippen LogP contribution is -2.43. The third kappa shape index (κ3) is 2.51. The Morgan fingerprint density at radius 3 is 2.71 bits per heavy atom. The van der Waals surface area contributed by atoms with E-state index < -0.39 is 22.0 Å². The maximum absolute atomic E-state index is 13.1. The van der Waals surface area contributed by atoms with E-state index in [1.54, 1.807) is 24.3 Å². The number of hydrogen-bond donors (Lipinski definition) is 0. The number of esters is 1. The summed E-state index contributed by atoms with van der Waals surface area (Å²) in [5.41, 5.74) is 1.45. The minimum absolute atomic E-state index is 0.0350. The Bertz CT molecular complexity index is 947. The number of hydrogen-bond acceptors (Lipinski definition) is 5. The van der Waals surface area contributed by atoms with Gasteiger partial charge >= 0.3 is 5.97 Å². The summed E-state index contributed by atoms with van der Waals surface area (Å²) in [5.74, 6) is -0.619. The molecule has 0 aliphatic carbocycles. The number of ether oxygens (including phenoxy) is 1. The summed E-state index contributed by atoms with van der Waals surface area (Å²) in [5, 5.41) is 9.00. The van der Waals surface area contributed by atoms with Gasteiger partial charge in [-0.05, 0) is 29.8 Å². The summed E-state index contributed by atoms with van der Waals surface area (Å²) < 4.78 is 32.1. The highest BCUT2D eigenvalue weighted by Crippen LogP contribution is 2.37. The van der Waals surface area contributed by atoms with Gasteiger partial charge in [0.15, 0.2) is 0 Å². The molecule has 1 aliphatic rings. The zero-order valence-corrected chi connectivity index (χ0v) is 13.7. The molecule has 2 aromatic rings. The lowest BCUT2D eigenvalue weighted by atomic mass is 10.1. The van der Waals surface area contributed by atoms with Crippen LogP contribution in [0.25, 0.3) is 0 Å². The van der Waals surface area contributed by atoms with Crippen molar-refractivity contribution in [1.29, 1.82) is 5.26 Å². The molecule has 6 nitrogen and oxygen atoms in total. The predicted octanol–water partition coefficient (Wildman–Crippen LogP) is 1.85. The molecule has 0 saturated heterocycles. The summed E-state index contributed by atoms with van der Waals surface area (Å²) in [4.78, 5) is 12.1. The third-order valence-corrected chi connectivity index (χ3v) is 5.74. The quantitative estimate of drug-likeness (QED) is 0.795. The normalized spacial score (nSPS) is 16.3. The third-order valence-electron chi connectivity index (χ3n) is 3.92. The average Bonchev–Trinajstić information content (AvgIpc) is 3.01. The number of benzene rings is 2. The molecule has 24 heavy (non-hydrogen) atoms. The predicted molar refractivity (Wildman–Crippen MR) is 86.8 cm³/mol. The summed E-state index contributed by atoms with van der Waals surface area (Å²) >= 11 is 0. The molecule has 0 saturated carbocycles. The largest absolute Gasteiger partial charge is 0.467 e. The molecule has 0 unspecified atom stereocenters. The van der Waals surface area contributed by atoms with Crippen molar-refractivity contribution < 1.29 is 17.9 Å². The van der Waals surface area contributed by atoms with E-state index in [2.05, 4.69) is 0 Å². The molecule has 0 aromatic heterocycles. The number of anilines is 1. The Balaban J connectivity index is 2.16. The second kappa shape index (κ2) is 5.98. The van der Waals surface area contributed by atoms with Gasteiger partial charge in [-0.25, -0.2) is 13.2 Å². The van der Waals surface area contributed by atoms with E-state index in [-0.39, 0.29) is 16.9 Å². The molecule has 0 N–H and O–H groups in total. The van der Waals surface area contributed by atoms with Crippen LogP contribution in [0.1, 0.15) is 11.1 Å². The van der Waals surface area contributed by atoms with Crippen LogP contribution in [0, 0.1) is 11.3 Å². The van der Waals surface area contributed by atoms with Crippen LogP contribution in [0.5, 0.6) is 0 Å². The average molecular weight is 342 g/mol. The first-order chi connectivity index (χ1) is 11.5. The number of carbonyl (C=O) groups excluding carboxylic acids is 1. The smallest absolute Gasteiger partial charge is 0.330 e. The first-order valence-corrected chi connectivity index (χ1v) is 8.63. The Morgan fingerprint density at radius 2 is 2.00 bits per heavy atom. The molecule has 2 aromatic carbocycles. The first-order valence-electron chi connectivity index (χ1n) is 7.19. The highest BCUT2D eigenvalue weighted by Gasteiger charge is 2.42. The van der Waals surface area contributed by atoms with Crippen molar-refractivity contribution in [3.8, 4) is 6.07 Å². The number of nitrogens with zero attached hydrogens (tertiary/aromatic N) is 2. The van der Waals surface area contributed by atoms with Crippen molar-refractivity contribution >= 4 is 21.7 Å². The zero-order chi connectivity index (χ0) is 17.3. The maximum atomic E-state index is 13.1. The molecule has 0 bridgehead atoms. The van der Waals surface area contributed by atoms with Crippen molar-refractivity contribution in [2.45, 2.75) is 17.4 Å². The fourth-order valence-corrected chi connectivity index (χ4v) is 4.50. The molecule has 7 heteroatoms. The van der Waals surface area contributed by atoms with E-state index in [4.69, 9.17) is 10.00 Å². The number of carbonyl (C=O) groups is 1. The molecule has 0 fully saturated rings. The Hall–Kier alpha value is -2.85. The Kier molecular flexibility index (Phi) is 3.99. The number of methoxy groups -OCH3 is 1. The van der Waals surface area contributed by atoms with Gasteiger partial charge in [0, 0.05) is 6.42 Å².